The van der Waals surface area contributed by atoms with E-state index in [1.54, 1.807) is 59.3 Å². The van der Waals surface area contributed by atoms with Gasteiger partial charge in [0.05, 0.1) is 5.52 Å². The molecule has 0 atom stereocenters. The van der Waals surface area contributed by atoms with Gasteiger partial charge < -0.3 is 24.9 Å². The number of pyridine rings is 1. The van der Waals surface area contributed by atoms with Gasteiger partial charge in [-0.1, -0.05) is 24.3 Å². The molecule has 8 nitrogen and oxygen atoms in total. The fourth-order valence-corrected chi connectivity index (χ4v) is 3.26. The van der Waals surface area contributed by atoms with Gasteiger partial charge in [0.1, 0.15) is 22.9 Å². The Balaban J connectivity index is 1.83. The van der Waals surface area contributed by atoms with E-state index in [0.29, 0.717) is 22.3 Å². The highest BCUT2D eigenvalue weighted by atomic mass is 16.4. The Labute approximate surface area is 163 Å². The Bertz CT molecular complexity index is 1370. The number of nitriles is 1. The Hall–Kier alpha value is -4.51. The van der Waals surface area contributed by atoms with Crippen LogP contribution in [-0.2, 0) is 0 Å². The van der Waals surface area contributed by atoms with Crippen molar-refractivity contribution in [3.8, 4) is 34.4 Å². The lowest BCUT2D eigenvalue weighted by Gasteiger charge is -2.10. The first-order valence-electron chi connectivity index (χ1n) is 8.45. The van der Waals surface area contributed by atoms with E-state index in [0.717, 1.165) is 0 Å². The van der Waals surface area contributed by atoms with Crippen LogP contribution in [0, 0.1) is 11.3 Å². The highest BCUT2D eigenvalue weighted by Gasteiger charge is 2.17. The molecule has 2 heterocycles. The molecule has 0 bridgehead atoms. The average molecular weight is 387 g/mol. The number of carboxylic acid groups (broad SMARTS) is 1. The third kappa shape index (κ3) is 2.78. The third-order valence-corrected chi connectivity index (χ3v) is 4.66. The molecule has 2 aromatic heterocycles. The quantitative estimate of drug-likeness (QED) is 0.426. The summed E-state index contributed by atoms with van der Waals surface area (Å²) < 4.78 is 1.61. The van der Waals surface area contributed by atoms with Crippen molar-refractivity contribution in [1.82, 2.24) is 9.55 Å². The second-order valence-corrected chi connectivity index (χ2v) is 6.29. The van der Waals surface area contributed by atoms with Crippen molar-refractivity contribution in [2.24, 2.45) is 0 Å². The van der Waals surface area contributed by atoms with Crippen LogP contribution in [-0.4, -0.2) is 30.8 Å². The first kappa shape index (κ1) is 17.9. The van der Waals surface area contributed by atoms with Crippen LogP contribution in [0.2, 0.25) is 0 Å². The normalized spacial score (nSPS) is 10.7. The summed E-state index contributed by atoms with van der Waals surface area (Å²) in [5, 5.41) is 38.9. The number of aromatic hydroxyl groups is 2. The molecule has 4 N–H and O–H groups in total. The minimum Gasteiger partial charge on any atom is -0.506 e. The van der Waals surface area contributed by atoms with Crippen LogP contribution >= 0.6 is 0 Å². The Kier molecular flexibility index (Phi) is 4.06. The number of hydrogen-bond donors (Lipinski definition) is 4. The Morgan fingerprint density at radius 2 is 1.76 bits per heavy atom. The number of hydrogen-bond acceptors (Lipinski definition) is 5. The SMILES string of the molecule is N#Cc1c(O)c2c(ccn2-c2ccc(-c3cccc(C(=O)O)c3O)cc2)[nH]c1=O. The number of fused-ring (bicyclic) bond motifs is 1. The molecular formula is C21H13N3O5. The molecule has 0 aliphatic carbocycles. The summed E-state index contributed by atoms with van der Waals surface area (Å²) >= 11 is 0. The van der Waals surface area contributed by atoms with Crippen LogP contribution < -0.4 is 5.56 Å². The number of benzene rings is 2. The molecule has 4 rings (SSSR count). The minimum atomic E-state index is -1.22. The van der Waals surface area contributed by atoms with Gasteiger partial charge in [0.15, 0.2) is 11.3 Å². The third-order valence-electron chi connectivity index (χ3n) is 4.66. The molecule has 4 aromatic rings. The van der Waals surface area contributed by atoms with Gasteiger partial charge in [-0.15, -0.1) is 0 Å². The summed E-state index contributed by atoms with van der Waals surface area (Å²) in [5.74, 6) is -1.96. The number of nitrogens with one attached hydrogen (secondary N) is 1. The Morgan fingerprint density at radius 1 is 1.03 bits per heavy atom. The van der Waals surface area contributed by atoms with Crippen LogP contribution in [0.25, 0.3) is 27.8 Å². The number of rotatable bonds is 3. The maximum atomic E-state index is 11.8. The van der Waals surface area contributed by atoms with Gasteiger partial charge in [-0.05, 0) is 29.8 Å². The number of para-hydroxylation sites is 1. The number of H-pyrrole nitrogens is 1. The lowest BCUT2D eigenvalue weighted by molar-refractivity contribution is 0.0694. The smallest absolute Gasteiger partial charge is 0.339 e. The number of nitrogens with zero attached hydrogens (tertiary/aromatic N) is 2. The number of aromatic nitrogens is 2. The van der Waals surface area contributed by atoms with E-state index in [-0.39, 0.29) is 22.4 Å². The summed E-state index contributed by atoms with van der Waals surface area (Å²) in [7, 11) is 0. The molecule has 0 fully saturated rings. The van der Waals surface area contributed by atoms with Gasteiger partial charge in [-0.3, -0.25) is 4.79 Å². The average Bonchev–Trinajstić information content (AvgIpc) is 3.12. The van der Waals surface area contributed by atoms with Gasteiger partial charge in [-0.2, -0.15) is 5.26 Å². The molecule has 0 amide bonds. The van der Waals surface area contributed by atoms with E-state index in [1.807, 2.05) is 0 Å². The molecule has 0 unspecified atom stereocenters. The summed E-state index contributed by atoms with van der Waals surface area (Å²) in [6, 6.07) is 14.6. The number of phenols is 1. The second-order valence-electron chi connectivity index (χ2n) is 6.29. The lowest BCUT2D eigenvalue weighted by Crippen LogP contribution is -2.10. The van der Waals surface area contributed by atoms with Crippen LogP contribution in [0.4, 0.5) is 0 Å². The summed E-state index contributed by atoms with van der Waals surface area (Å²) in [6.45, 7) is 0. The summed E-state index contributed by atoms with van der Waals surface area (Å²) in [4.78, 5) is 25.6. The van der Waals surface area contributed by atoms with Gasteiger partial charge in [0.25, 0.3) is 5.56 Å². The Morgan fingerprint density at radius 3 is 2.41 bits per heavy atom. The zero-order valence-corrected chi connectivity index (χ0v) is 14.7. The first-order chi connectivity index (χ1) is 13.9. The summed E-state index contributed by atoms with van der Waals surface area (Å²) in [6.07, 6.45) is 1.64. The van der Waals surface area contributed by atoms with Crippen molar-refractivity contribution in [2.75, 3.05) is 0 Å². The molecule has 2 aromatic carbocycles. The van der Waals surface area contributed by atoms with Crippen LogP contribution in [0.1, 0.15) is 15.9 Å². The number of carboxylic acids is 1. The maximum Gasteiger partial charge on any atom is 0.339 e. The lowest BCUT2D eigenvalue weighted by atomic mass is 10.0. The fourth-order valence-electron chi connectivity index (χ4n) is 3.26. The number of aromatic carboxylic acids is 1. The zero-order chi connectivity index (χ0) is 20.7. The standard InChI is InChI=1S/C21H13N3O5/c22-10-15-19(26)17-16(23-20(15)27)8-9-24(17)12-6-4-11(5-7-12)13-2-1-3-14(18(13)25)21(28)29/h1-9,25H,(H,28,29)(H2,23,26,27). The van der Waals surface area contributed by atoms with Crippen molar-refractivity contribution in [2.45, 2.75) is 0 Å². The highest BCUT2D eigenvalue weighted by Crippen LogP contribution is 2.34. The fraction of sp³-hybridized carbons (Fsp3) is 0. The van der Waals surface area contributed by atoms with Gasteiger partial charge >= 0.3 is 5.97 Å². The molecule has 29 heavy (non-hydrogen) atoms. The van der Waals surface area contributed by atoms with Crippen LogP contribution in [0.3, 0.4) is 0 Å². The van der Waals surface area contributed by atoms with Gasteiger partial charge in [0.2, 0.25) is 0 Å². The largest absolute Gasteiger partial charge is 0.506 e. The molecular weight excluding hydrogens is 374 g/mol. The maximum absolute atomic E-state index is 11.8. The molecule has 0 aliphatic heterocycles. The predicted molar refractivity (Wildman–Crippen MR) is 104 cm³/mol. The van der Waals surface area contributed by atoms with Crippen molar-refractivity contribution in [3.05, 3.63) is 76.2 Å². The molecule has 0 spiro atoms. The van der Waals surface area contributed by atoms with Gasteiger partial charge in [0, 0.05) is 17.4 Å². The van der Waals surface area contributed by atoms with Crippen LogP contribution in [0.5, 0.6) is 11.5 Å². The summed E-state index contributed by atoms with van der Waals surface area (Å²) in [5.41, 5.74) is 1.02. The predicted octanol–water partition coefficient (Wildman–Crippen LogP) is 2.97. The van der Waals surface area contributed by atoms with Crippen LogP contribution in [0.15, 0.2) is 59.5 Å². The number of aromatic amines is 1. The van der Waals surface area contributed by atoms with E-state index in [1.165, 1.54) is 6.07 Å². The molecule has 8 heteroatoms. The van der Waals surface area contributed by atoms with Crippen molar-refractivity contribution >= 4 is 17.0 Å². The van der Waals surface area contributed by atoms with E-state index in [2.05, 4.69) is 4.98 Å². The molecule has 0 radical (unpaired) electrons. The minimum absolute atomic E-state index is 0.194. The van der Waals surface area contributed by atoms with Gasteiger partial charge in [-0.25, -0.2) is 4.79 Å². The molecule has 0 saturated carbocycles. The van der Waals surface area contributed by atoms with E-state index in [9.17, 15) is 19.8 Å². The zero-order valence-electron chi connectivity index (χ0n) is 14.7. The van der Waals surface area contributed by atoms with Crippen molar-refractivity contribution in [3.63, 3.8) is 0 Å². The number of carbonyl (C=O) groups is 1. The van der Waals surface area contributed by atoms with E-state index in [4.69, 9.17) is 10.4 Å². The first-order valence-corrected chi connectivity index (χ1v) is 8.45. The second kappa shape index (κ2) is 6.58. The highest BCUT2D eigenvalue weighted by molar-refractivity contribution is 5.94. The van der Waals surface area contributed by atoms with E-state index < -0.39 is 17.3 Å². The monoisotopic (exact) mass is 387 g/mol. The van der Waals surface area contributed by atoms with Crippen molar-refractivity contribution < 1.29 is 20.1 Å². The molecule has 0 saturated heterocycles. The topological polar surface area (TPSA) is 139 Å². The molecule has 142 valence electrons. The van der Waals surface area contributed by atoms with E-state index >= 15 is 0 Å². The molecule has 0 aliphatic rings. The van der Waals surface area contributed by atoms with Crippen molar-refractivity contribution in [1.29, 1.82) is 5.26 Å².